The Morgan fingerprint density at radius 1 is 1.07 bits per heavy atom. The van der Waals surface area contributed by atoms with E-state index in [1.165, 1.54) is 19.8 Å². The molecule has 0 aliphatic heterocycles. The van der Waals surface area contributed by atoms with Crippen molar-refractivity contribution in [3.05, 3.63) is 41.6 Å². The number of hydrogen-bond acceptors (Lipinski definition) is 8. The van der Waals surface area contributed by atoms with Gasteiger partial charge in [-0.15, -0.1) is 0 Å². The Hall–Kier alpha value is -2.78. The van der Waals surface area contributed by atoms with Crippen LogP contribution in [0.15, 0.2) is 36.0 Å². The van der Waals surface area contributed by atoms with Gasteiger partial charge in [0.05, 0.1) is 42.0 Å². The minimum atomic E-state index is -1.24. The number of aromatic nitrogens is 4. The summed E-state index contributed by atoms with van der Waals surface area (Å²) in [6.45, 7) is 1.87. The van der Waals surface area contributed by atoms with Crippen LogP contribution in [0, 0.1) is 6.92 Å². The van der Waals surface area contributed by atoms with Gasteiger partial charge in [-0.3, -0.25) is 4.21 Å². The van der Waals surface area contributed by atoms with Crippen molar-refractivity contribution in [2.75, 3.05) is 25.8 Å². The predicted molar refractivity (Wildman–Crippen MR) is 108 cm³/mol. The van der Waals surface area contributed by atoms with Crippen molar-refractivity contribution in [3.63, 3.8) is 0 Å². The summed E-state index contributed by atoms with van der Waals surface area (Å²) in [6, 6.07) is 3.36. The highest BCUT2D eigenvalue weighted by Crippen LogP contribution is 2.42. The van der Waals surface area contributed by atoms with E-state index in [9.17, 15) is 4.21 Å². The third-order valence-electron chi connectivity index (χ3n) is 4.05. The number of ether oxygens (including phenoxy) is 2. The molecule has 0 saturated carbocycles. The molecule has 3 aromatic rings. The van der Waals surface area contributed by atoms with E-state index in [1.807, 2.05) is 6.92 Å². The van der Waals surface area contributed by atoms with Crippen LogP contribution in [0.3, 0.4) is 0 Å². The minimum Gasteiger partial charge on any atom is -0.496 e. The molecule has 2 heterocycles. The molecule has 0 radical (unpaired) electrons. The van der Waals surface area contributed by atoms with Crippen LogP contribution in [0.1, 0.15) is 5.56 Å². The van der Waals surface area contributed by atoms with Gasteiger partial charge in [0.2, 0.25) is 0 Å². The number of rotatable bonds is 6. The molecule has 0 spiro atoms. The zero-order valence-electron chi connectivity index (χ0n) is 15.7. The van der Waals surface area contributed by atoms with E-state index >= 15 is 0 Å². The number of methoxy groups -OCH3 is 2. The lowest BCUT2D eigenvalue weighted by molar-refractivity contribution is 0.393. The quantitative estimate of drug-likeness (QED) is 0.607. The Morgan fingerprint density at radius 2 is 1.82 bits per heavy atom. The summed E-state index contributed by atoms with van der Waals surface area (Å²) in [4.78, 5) is 16.7. The standard InChI is InChI=1S/C18H18ClN5O3S/c1-10-13(26-2)6-14(27-3)16(19)17(10)24-18-11(7-20-8-23-18)12-5-15(28(4)25)22-9-21-12/h5-9H,1-4H3,(H,20,23,24). The molecule has 3 rings (SSSR count). The molecule has 0 amide bonds. The third-order valence-corrected chi connectivity index (χ3v) is 5.24. The first-order valence-electron chi connectivity index (χ1n) is 8.10. The molecule has 1 atom stereocenters. The molecular weight excluding hydrogens is 402 g/mol. The van der Waals surface area contributed by atoms with Gasteiger partial charge in [0.15, 0.2) is 0 Å². The number of anilines is 2. The molecule has 1 aromatic carbocycles. The van der Waals surface area contributed by atoms with Crippen LogP contribution >= 0.6 is 11.6 Å². The first kappa shape index (κ1) is 20.0. The smallest absolute Gasteiger partial charge is 0.143 e. The van der Waals surface area contributed by atoms with Crippen LogP contribution < -0.4 is 14.8 Å². The second-order valence-electron chi connectivity index (χ2n) is 5.70. The van der Waals surface area contributed by atoms with E-state index < -0.39 is 10.8 Å². The first-order chi connectivity index (χ1) is 13.5. The van der Waals surface area contributed by atoms with Crippen molar-refractivity contribution >= 4 is 33.9 Å². The van der Waals surface area contributed by atoms with E-state index in [1.54, 1.807) is 31.7 Å². The lowest BCUT2D eigenvalue weighted by atomic mass is 10.1. The highest BCUT2D eigenvalue weighted by molar-refractivity contribution is 7.84. The molecule has 2 aromatic heterocycles. The van der Waals surface area contributed by atoms with Crippen LogP contribution in [0.25, 0.3) is 11.3 Å². The summed E-state index contributed by atoms with van der Waals surface area (Å²) in [5.74, 6) is 1.56. The van der Waals surface area contributed by atoms with Crippen LogP contribution in [0.2, 0.25) is 5.02 Å². The Kier molecular flexibility index (Phi) is 6.05. The topological polar surface area (TPSA) is 99.1 Å². The van der Waals surface area contributed by atoms with Gasteiger partial charge >= 0.3 is 0 Å². The zero-order chi connectivity index (χ0) is 20.3. The molecule has 1 unspecified atom stereocenters. The van der Waals surface area contributed by atoms with E-state index in [4.69, 9.17) is 21.1 Å². The number of halogens is 1. The second-order valence-corrected chi connectivity index (χ2v) is 7.41. The normalized spacial score (nSPS) is 11.8. The molecule has 146 valence electrons. The molecular formula is C18H18ClN5O3S. The van der Waals surface area contributed by atoms with Gasteiger partial charge in [-0.1, -0.05) is 11.6 Å². The molecule has 0 saturated heterocycles. The summed E-state index contributed by atoms with van der Waals surface area (Å²) in [6.07, 6.45) is 5.93. The van der Waals surface area contributed by atoms with Crippen molar-refractivity contribution in [2.45, 2.75) is 11.9 Å². The summed E-state index contributed by atoms with van der Waals surface area (Å²) < 4.78 is 22.5. The molecule has 10 heteroatoms. The predicted octanol–water partition coefficient (Wildman–Crippen LogP) is 3.39. The Labute approximate surface area is 169 Å². The summed E-state index contributed by atoms with van der Waals surface area (Å²) in [7, 11) is 1.86. The van der Waals surface area contributed by atoms with E-state index in [-0.39, 0.29) is 0 Å². The van der Waals surface area contributed by atoms with Crippen LogP contribution in [-0.2, 0) is 10.8 Å². The van der Waals surface area contributed by atoms with E-state index in [2.05, 4.69) is 25.3 Å². The van der Waals surface area contributed by atoms with Gasteiger partial charge in [-0.2, -0.15) is 0 Å². The van der Waals surface area contributed by atoms with Crippen LogP contribution in [-0.4, -0.2) is 44.6 Å². The monoisotopic (exact) mass is 419 g/mol. The number of nitrogens with one attached hydrogen (secondary N) is 1. The van der Waals surface area contributed by atoms with Gasteiger partial charge in [-0.05, 0) is 13.0 Å². The number of hydrogen-bond donors (Lipinski definition) is 1. The average molecular weight is 420 g/mol. The van der Waals surface area contributed by atoms with Gasteiger partial charge in [-0.25, -0.2) is 19.9 Å². The van der Waals surface area contributed by atoms with Gasteiger partial charge < -0.3 is 14.8 Å². The fourth-order valence-electron chi connectivity index (χ4n) is 2.59. The van der Waals surface area contributed by atoms with Crippen LogP contribution in [0.5, 0.6) is 11.5 Å². The fraction of sp³-hybridized carbons (Fsp3) is 0.222. The van der Waals surface area contributed by atoms with Crippen LogP contribution in [0.4, 0.5) is 11.5 Å². The molecule has 8 nitrogen and oxygen atoms in total. The molecule has 0 bridgehead atoms. The zero-order valence-corrected chi connectivity index (χ0v) is 17.3. The van der Waals surface area contributed by atoms with Crippen molar-refractivity contribution in [1.29, 1.82) is 0 Å². The van der Waals surface area contributed by atoms with E-state index in [0.29, 0.717) is 44.3 Å². The highest BCUT2D eigenvalue weighted by Gasteiger charge is 2.18. The molecule has 1 N–H and O–H groups in total. The summed E-state index contributed by atoms with van der Waals surface area (Å²) in [5.41, 5.74) is 2.52. The van der Waals surface area contributed by atoms with Gasteiger partial charge in [0.1, 0.15) is 40.0 Å². The van der Waals surface area contributed by atoms with E-state index in [0.717, 1.165) is 5.56 Å². The Balaban J connectivity index is 2.11. The third kappa shape index (κ3) is 3.90. The maximum absolute atomic E-state index is 11.8. The summed E-state index contributed by atoms with van der Waals surface area (Å²) in [5, 5.41) is 4.03. The molecule has 0 fully saturated rings. The van der Waals surface area contributed by atoms with Gasteiger partial charge in [0.25, 0.3) is 0 Å². The maximum atomic E-state index is 11.8. The average Bonchev–Trinajstić information content (AvgIpc) is 2.71. The minimum absolute atomic E-state index is 0.392. The Morgan fingerprint density at radius 3 is 2.50 bits per heavy atom. The maximum Gasteiger partial charge on any atom is 0.143 e. The number of nitrogens with zero attached hydrogens (tertiary/aromatic N) is 4. The molecule has 0 aliphatic rings. The van der Waals surface area contributed by atoms with Crippen molar-refractivity contribution in [1.82, 2.24) is 19.9 Å². The lowest BCUT2D eigenvalue weighted by Gasteiger charge is -2.18. The number of benzene rings is 1. The SMILES string of the molecule is COc1cc(OC)c(Cl)c(Nc2ncncc2-c2cc(S(C)=O)ncn2)c1C. The molecule has 28 heavy (non-hydrogen) atoms. The second kappa shape index (κ2) is 8.49. The van der Waals surface area contributed by atoms with Crippen molar-refractivity contribution in [3.8, 4) is 22.8 Å². The Bertz CT molecular complexity index is 1020. The largest absolute Gasteiger partial charge is 0.496 e. The highest BCUT2D eigenvalue weighted by atomic mass is 35.5. The van der Waals surface area contributed by atoms with Crippen molar-refractivity contribution in [2.24, 2.45) is 0 Å². The fourth-order valence-corrected chi connectivity index (χ4v) is 3.38. The van der Waals surface area contributed by atoms with Gasteiger partial charge in [0, 0.05) is 24.1 Å². The van der Waals surface area contributed by atoms with Crippen molar-refractivity contribution < 1.29 is 13.7 Å². The lowest BCUT2D eigenvalue weighted by Crippen LogP contribution is -2.03. The summed E-state index contributed by atoms with van der Waals surface area (Å²) >= 11 is 6.51. The molecule has 0 aliphatic carbocycles. The first-order valence-corrected chi connectivity index (χ1v) is 10.0.